The number of hydrogen-bond donors (Lipinski definition) is 1. The lowest BCUT2D eigenvalue weighted by molar-refractivity contribution is 0.0601. The number of benzene rings is 1. The monoisotopic (exact) mass is 329 g/mol. The van der Waals surface area contributed by atoms with Crippen molar-refractivity contribution in [3.05, 3.63) is 45.8 Å². The van der Waals surface area contributed by atoms with Crippen LogP contribution in [0.2, 0.25) is 0 Å². The second-order valence-electron chi connectivity index (χ2n) is 5.67. The van der Waals surface area contributed by atoms with Crippen LogP contribution in [0.1, 0.15) is 50.9 Å². The van der Waals surface area contributed by atoms with Crippen molar-refractivity contribution in [2.75, 3.05) is 12.4 Å². The largest absolute Gasteiger partial charge is 0.465 e. The minimum Gasteiger partial charge on any atom is -0.465 e. The van der Waals surface area contributed by atoms with Gasteiger partial charge in [-0.1, -0.05) is 0 Å². The van der Waals surface area contributed by atoms with Crippen LogP contribution in [0.3, 0.4) is 0 Å². The Morgan fingerprint density at radius 2 is 1.83 bits per heavy atom. The Balaban J connectivity index is 1.94. The second kappa shape index (κ2) is 6.54. The van der Waals surface area contributed by atoms with E-state index in [2.05, 4.69) is 5.32 Å². The van der Waals surface area contributed by atoms with Crippen LogP contribution in [0.5, 0.6) is 0 Å². The molecule has 0 spiro atoms. The molecule has 120 valence electrons. The summed E-state index contributed by atoms with van der Waals surface area (Å²) in [6.07, 6.45) is 4.23. The number of nitrogens with one attached hydrogen (secondary N) is 1. The number of aryl methyl sites for hydroxylation is 1. The van der Waals surface area contributed by atoms with Gasteiger partial charge >= 0.3 is 5.97 Å². The lowest BCUT2D eigenvalue weighted by Crippen LogP contribution is -2.09. The molecule has 0 radical (unpaired) electrons. The molecule has 0 saturated heterocycles. The summed E-state index contributed by atoms with van der Waals surface area (Å²) in [6, 6.07) is 7.29. The summed E-state index contributed by atoms with van der Waals surface area (Å²) in [5.41, 5.74) is 3.34. The third-order valence-corrected chi connectivity index (χ3v) is 5.32. The number of hydrogen-bond acceptors (Lipinski definition) is 5. The molecule has 0 atom stereocenters. The van der Waals surface area contributed by atoms with Crippen molar-refractivity contribution < 1.29 is 14.3 Å². The zero-order valence-electron chi connectivity index (χ0n) is 13.3. The highest BCUT2D eigenvalue weighted by molar-refractivity contribution is 7.16. The van der Waals surface area contributed by atoms with E-state index >= 15 is 0 Å². The van der Waals surface area contributed by atoms with Gasteiger partial charge in [0.2, 0.25) is 0 Å². The zero-order chi connectivity index (χ0) is 16.4. The van der Waals surface area contributed by atoms with E-state index < -0.39 is 0 Å². The van der Waals surface area contributed by atoms with Gasteiger partial charge in [0.1, 0.15) is 5.00 Å². The number of methoxy groups -OCH3 is 1. The fraction of sp³-hybridized carbons (Fsp3) is 0.333. The van der Waals surface area contributed by atoms with Crippen LogP contribution >= 0.6 is 11.3 Å². The summed E-state index contributed by atoms with van der Waals surface area (Å²) in [7, 11) is 1.42. The van der Waals surface area contributed by atoms with Gasteiger partial charge in [-0.05, 0) is 62.4 Å². The topological polar surface area (TPSA) is 55.4 Å². The minimum atomic E-state index is -0.285. The van der Waals surface area contributed by atoms with Crippen LogP contribution in [0.4, 0.5) is 10.7 Å². The first kappa shape index (κ1) is 15.7. The molecule has 0 fully saturated rings. The molecule has 0 bridgehead atoms. The molecule has 1 heterocycles. The summed E-state index contributed by atoms with van der Waals surface area (Å²) < 4.78 is 4.97. The van der Waals surface area contributed by atoms with Crippen LogP contribution < -0.4 is 5.32 Å². The predicted octanol–water partition coefficient (Wildman–Crippen LogP) is 4.36. The number of thiophene rings is 1. The molecule has 5 heteroatoms. The van der Waals surface area contributed by atoms with Crippen molar-refractivity contribution in [1.29, 1.82) is 0 Å². The predicted molar refractivity (Wildman–Crippen MR) is 92.0 cm³/mol. The molecular weight excluding hydrogens is 310 g/mol. The summed E-state index contributed by atoms with van der Waals surface area (Å²) in [5.74, 6) is -0.245. The molecule has 1 N–H and O–H groups in total. The van der Waals surface area contributed by atoms with Crippen molar-refractivity contribution in [3.63, 3.8) is 0 Å². The number of carbonyl (C=O) groups excluding carboxylic acids is 2. The lowest BCUT2D eigenvalue weighted by atomic mass is 9.95. The molecule has 1 aliphatic carbocycles. The van der Waals surface area contributed by atoms with Crippen LogP contribution in [-0.2, 0) is 17.6 Å². The Bertz CT molecular complexity index is 746. The molecule has 1 aliphatic rings. The highest BCUT2D eigenvalue weighted by atomic mass is 32.1. The number of carbonyl (C=O) groups is 2. The quantitative estimate of drug-likeness (QED) is 0.669. The molecule has 2 aromatic rings. The van der Waals surface area contributed by atoms with Crippen molar-refractivity contribution in [1.82, 2.24) is 0 Å². The summed E-state index contributed by atoms with van der Waals surface area (Å²) in [6.45, 7) is 1.55. The number of ketones is 1. The average Bonchev–Trinajstić information content (AvgIpc) is 2.92. The van der Waals surface area contributed by atoms with Crippen molar-refractivity contribution in [3.8, 4) is 0 Å². The molecule has 3 rings (SSSR count). The van der Waals surface area contributed by atoms with E-state index in [0.717, 1.165) is 35.5 Å². The SMILES string of the molecule is COC(=O)c1c(Nc2ccc(C(C)=O)cc2)sc2c1CCCC2. The van der Waals surface area contributed by atoms with Crippen LogP contribution in [0.25, 0.3) is 0 Å². The maximum atomic E-state index is 12.2. The molecule has 1 aromatic heterocycles. The van der Waals surface area contributed by atoms with E-state index in [9.17, 15) is 9.59 Å². The Morgan fingerprint density at radius 3 is 2.48 bits per heavy atom. The molecule has 23 heavy (non-hydrogen) atoms. The summed E-state index contributed by atoms with van der Waals surface area (Å²) >= 11 is 1.63. The van der Waals surface area contributed by atoms with Gasteiger partial charge in [0, 0.05) is 16.1 Å². The molecule has 0 aliphatic heterocycles. The van der Waals surface area contributed by atoms with Gasteiger partial charge in [-0.25, -0.2) is 4.79 Å². The minimum absolute atomic E-state index is 0.0402. The van der Waals surface area contributed by atoms with Gasteiger partial charge in [0.05, 0.1) is 12.7 Å². The first-order valence-corrected chi connectivity index (χ1v) is 8.52. The van der Waals surface area contributed by atoms with Crippen LogP contribution in [-0.4, -0.2) is 18.9 Å². The zero-order valence-corrected chi connectivity index (χ0v) is 14.1. The van der Waals surface area contributed by atoms with Crippen molar-refractivity contribution >= 4 is 33.8 Å². The first-order chi connectivity index (χ1) is 11.1. The molecule has 4 nitrogen and oxygen atoms in total. The highest BCUT2D eigenvalue weighted by Gasteiger charge is 2.26. The third-order valence-electron chi connectivity index (χ3n) is 4.11. The Morgan fingerprint density at radius 1 is 1.13 bits per heavy atom. The Hall–Kier alpha value is -2.14. The number of fused-ring (bicyclic) bond motifs is 1. The van der Waals surface area contributed by atoms with Crippen molar-refractivity contribution in [2.24, 2.45) is 0 Å². The smallest absolute Gasteiger partial charge is 0.341 e. The number of esters is 1. The van der Waals surface area contributed by atoms with Crippen LogP contribution in [0.15, 0.2) is 24.3 Å². The second-order valence-corrected chi connectivity index (χ2v) is 6.77. The average molecular weight is 329 g/mol. The first-order valence-electron chi connectivity index (χ1n) is 7.71. The lowest BCUT2D eigenvalue weighted by Gasteiger charge is -2.12. The number of Topliss-reactive ketones (excluding diaryl/α,β-unsaturated/α-hetero) is 1. The van der Waals surface area contributed by atoms with Gasteiger partial charge < -0.3 is 10.1 Å². The van der Waals surface area contributed by atoms with Crippen molar-refractivity contribution in [2.45, 2.75) is 32.6 Å². The van der Waals surface area contributed by atoms with Gasteiger partial charge in [-0.2, -0.15) is 0 Å². The van der Waals surface area contributed by atoms with E-state index in [4.69, 9.17) is 4.74 Å². The summed E-state index contributed by atoms with van der Waals surface area (Å²) in [4.78, 5) is 24.8. The molecule has 0 saturated carbocycles. The van der Waals surface area contributed by atoms with E-state index in [1.807, 2.05) is 12.1 Å². The normalized spacial score (nSPS) is 13.3. The van der Waals surface area contributed by atoms with E-state index in [-0.39, 0.29) is 11.8 Å². The molecule has 0 amide bonds. The fourth-order valence-electron chi connectivity index (χ4n) is 2.89. The maximum Gasteiger partial charge on any atom is 0.341 e. The van der Waals surface area contributed by atoms with E-state index in [1.54, 1.807) is 30.4 Å². The number of rotatable bonds is 4. The van der Waals surface area contributed by atoms with Gasteiger partial charge in [0.15, 0.2) is 5.78 Å². The van der Waals surface area contributed by atoms with Gasteiger partial charge in [0.25, 0.3) is 0 Å². The standard InChI is InChI=1S/C18H19NO3S/c1-11(20)12-7-9-13(10-8-12)19-17-16(18(21)22-2)14-5-3-4-6-15(14)23-17/h7-10,19H,3-6H2,1-2H3. The molecule has 1 aromatic carbocycles. The van der Waals surface area contributed by atoms with Crippen LogP contribution in [0, 0.1) is 0 Å². The van der Waals surface area contributed by atoms with Gasteiger partial charge in [-0.15, -0.1) is 11.3 Å². The summed E-state index contributed by atoms with van der Waals surface area (Å²) in [5, 5.41) is 4.15. The van der Waals surface area contributed by atoms with E-state index in [1.165, 1.54) is 18.4 Å². The third kappa shape index (κ3) is 3.15. The highest BCUT2D eigenvalue weighted by Crippen LogP contribution is 2.39. The molecular formula is C18H19NO3S. The fourth-order valence-corrected chi connectivity index (χ4v) is 4.19. The molecule has 0 unspecified atom stereocenters. The van der Waals surface area contributed by atoms with Gasteiger partial charge in [-0.3, -0.25) is 4.79 Å². The number of ether oxygens (including phenoxy) is 1. The Kier molecular flexibility index (Phi) is 4.48. The number of anilines is 2. The van der Waals surface area contributed by atoms with E-state index in [0.29, 0.717) is 11.1 Å². The maximum absolute atomic E-state index is 12.2. The Labute approximate surface area is 139 Å².